The van der Waals surface area contributed by atoms with Gasteiger partial charge >= 0.3 is 12.1 Å². The number of ether oxygens (including phenoxy) is 2. The minimum Gasteiger partial charge on any atom is -0.461 e. The molecule has 1 aromatic rings. The molecule has 0 aliphatic carbocycles. The Morgan fingerprint density at radius 2 is 2.00 bits per heavy atom. The van der Waals surface area contributed by atoms with E-state index in [9.17, 15) is 18.0 Å². The number of rotatable bonds is 7. The molecule has 1 fully saturated rings. The van der Waals surface area contributed by atoms with Crippen molar-refractivity contribution in [2.75, 3.05) is 26.3 Å². The first-order valence-corrected chi connectivity index (χ1v) is 7.52. The van der Waals surface area contributed by atoms with Gasteiger partial charge in [0, 0.05) is 19.6 Å². The van der Waals surface area contributed by atoms with E-state index in [-0.39, 0.29) is 19.1 Å². The van der Waals surface area contributed by atoms with Gasteiger partial charge in [-0.1, -0.05) is 30.3 Å². The van der Waals surface area contributed by atoms with Crippen LogP contribution in [0.3, 0.4) is 0 Å². The standard InChI is InChI=1S/C16H20F3NO3/c17-16(18,19)12-22-9-7-15(21)23-14-6-8-20(11-14)10-13-4-2-1-3-5-13/h1-5,14H,6-12H2/t14-/m1/s1. The second-order valence-electron chi connectivity index (χ2n) is 5.54. The maximum atomic E-state index is 11.9. The molecule has 0 aromatic heterocycles. The molecule has 2 rings (SSSR count). The quantitative estimate of drug-likeness (QED) is 0.569. The van der Waals surface area contributed by atoms with Crippen molar-refractivity contribution < 1.29 is 27.4 Å². The Balaban J connectivity index is 1.62. The van der Waals surface area contributed by atoms with Crippen LogP contribution in [0.25, 0.3) is 0 Å². The van der Waals surface area contributed by atoms with Crippen LogP contribution in [0.5, 0.6) is 0 Å². The van der Waals surface area contributed by atoms with Gasteiger partial charge in [-0.15, -0.1) is 0 Å². The zero-order valence-electron chi connectivity index (χ0n) is 12.7. The largest absolute Gasteiger partial charge is 0.461 e. The van der Waals surface area contributed by atoms with E-state index in [1.54, 1.807) is 0 Å². The van der Waals surface area contributed by atoms with E-state index >= 15 is 0 Å². The van der Waals surface area contributed by atoms with E-state index in [1.807, 2.05) is 30.3 Å². The van der Waals surface area contributed by atoms with Crippen molar-refractivity contribution in [3.8, 4) is 0 Å². The van der Waals surface area contributed by atoms with E-state index in [1.165, 1.54) is 5.56 Å². The van der Waals surface area contributed by atoms with Crippen LogP contribution in [0.1, 0.15) is 18.4 Å². The monoisotopic (exact) mass is 331 g/mol. The third kappa shape index (κ3) is 7.00. The zero-order chi connectivity index (χ0) is 16.7. The fourth-order valence-electron chi connectivity index (χ4n) is 2.47. The highest BCUT2D eigenvalue weighted by Gasteiger charge is 2.28. The molecule has 1 aliphatic rings. The van der Waals surface area contributed by atoms with Crippen molar-refractivity contribution in [3.63, 3.8) is 0 Å². The molecule has 1 heterocycles. The fraction of sp³-hybridized carbons (Fsp3) is 0.562. The van der Waals surface area contributed by atoms with Crippen LogP contribution in [-0.2, 0) is 20.8 Å². The number of likely N-dealkylation sites (tertiary alicyclic amines) is 1. The lowest BCUT2D eigenvalue weighted by Gasteiger charge is -2.16. The van der Waals surface area contributed by atoms with Crippen molar-refractivity contribution in [2.45, 2.75) is 31.7 Å². The molecule has 128 valence electrons. The third-order valence-electron chi connectivity index (χ3n) is 3.49. The van der Waals surface area contributed by atoms with Gasteiger partial charge in [-0.25, -0.2) is 0 Å². The van der Waals surface area contributed by atoms with Gasteiger partial charge in [-0.05, 0) is 12.0 Å². The first kappa shape index (κ1) is 17.7. The molecule has 7 heteroatoms. The summed E-state index contributed by atoms with van der Waals surface area (Å²) in [6.07, 6.45) is -3.99. The number of halogens is 3. The number of benzene rings is 1. The summed E-state index contributed by atoms with van der Waals surface area (Å²) in [5.41, 5.74) is 1.19. The van der Waals surface area contributed by atoms with Crippen molar-refractivity contribution in [1.29, 1.82) is 0 Å². The number of esters is 1. The van der Waals surface area contributed by atoms with Crippen LogP contribution in [-0.4, -0.2) is 49.5 Å². The Morgan fingerprint density at radius 1 is 1.26 bits per heavy atom. The Hall–Kier alpha value is -1.60. The van der Waals surface area contributed by atoms with Crippen LogP contribution in [0.2, 0.25) is 0 Å². The van der Waals surface area contributed by atoms with E-state index in [0.29, 0.717) is 6.54 Å². The highest BCUT2D eigenvalue weighted by Crippen LogP contribution is 2.17. The van der Waals surface area contributed by atoms with E-state index in [0.717, 1.165) is 19.5 Å². The Labute approximate surface area is 133 Å². The summed E-state index contributed by atoms with van der Waals surface area (Å²) in [6, 6.07) is 9.99. The third-order valence-corrected chi connectivity index (χ3v) is 3.49. The summed E-state index contributed by atoms with van der Waals surface area (Å²) in [6.45, 7) is 0.651. The van der Waals surface area contributed by atoms with Crippen molar-refractivity contribution >= 4 is 5.97 Å². The molecular formula is C16H20F3NO3. The van der Waals surface area contributed by atoms with Crippen LogP contribution in [0.15, 0.2) is 30.3 Å². The first-order chi connectivity index (χ1) is 10.9. The van der Waals surface area contributed by atoms with Gasteiger partial charge in [0.1, 0.15) is 12.7 Å². The molecule has 1 aromatic carbocycles. The van der Waals surface area contributed by atoms with Crippen molar-refractivity contribution in [2.24, 2.45) is 0 Å². The van der Waals surface area contributed by atoms with Crippen molar-refractivity contribution in [3.05, 3.63) is 35.9 Å². The molecule has 0 spiro atoms. The molecule has 1 aliphatic heterocycles. The molecule has 23 heavy (non-hydrogen) atoms. The smallest absolute Gasteiger partial charge is 0.411 e. The van der Waals surface area contributed by atoms with Crippen molar-refractivity contribution in [1.82, 2.24) is 4.90 Å². The SMILES string of the molecule is O=C(CCOCC(F)(F)F)O[C@@H]1CCN(Cc2ccccc2)C1. The Kier molecular flexibility index (Phi) is 6.41. The average molecular weight is 331 g/mol. The van der Waals surface area contributed by atoms with Gasteiger partial charge in [0.25, 0.3) is 0 Å². The molecule has 4 nitrogen and oxygen atoms in total. The molecule has 1 atom stereocenters. The summed E-state index contributed by atoms with van der Waals surface area (Å²) >= 11 is 0. The molecule has 0 saturated carbocycles. The van der Waals surface area contributed by atoms with Gasteiger partial charge in [0.15, 0.2) is 0 Å². The predicted molar refractivity (Wildman–Crippen MR) is 77.7 cm³/mol. The highest BCUT2D eigenvalue weighted by molar-refractivity contribution is 5.69. The van der Waals surface area contributed by atoms with Crippen LogP contribution in [0.4, 0.5) is 13.2 Å². The molecule has 0 radical (unpaired) electrons. The summed E-state index contributed by atoms with van der Waals surface area (Å²) < 4.78 is 45.3. The summed E-state index contributed by atoms with van der Waals surface area (Å²) in [5, 5.41) is 0. The van der Waals surface area contributed by atoms with Gasteiger partial charge in [0.05, 0.1) is 13.0 Å². The van der Waals surface area contributed by atoms with Gasteiger partial charge in [-0.3, -0.25) is 9.69 Å². The molecular weight excluding hydrogens is 311 g/mol. The average Bonchev–Trinajstić information content (AvgIpc) is 2.91. The van der Waals surface area contributed by atoms with Crippen LogP contribution >= 0.6 is 0 Å². The van der Waals surface area contributed by atoms with Gasteiger partial charge in [0.2, 0.25) is 0 Å². The lowest BCUT2D eigenvalue weighted by Crippen LogP contribution is -2.25. The van der Waals surface area contributed by atoms with E-state index in [2.05, 4.69) is 9.64 Å². The lowest BCUT2D eigenvalue weighted by atomic mass is 10.2. The normalized spacial score (nSPS) is 19.0. The molecule has 0 N–H and O–H groups in total. The Bertz CT molecular complexity index is 493. The molecule has 0 bridgehead atoms. The molecule has 0 unspecified atom stereocenters. The summed E-state index contributed by atoms with van der Waals surface area (Å²) in [4.78, 5) is 13.8. The maximum absolute atomic E-state index is 11.9. The number of hydrogen-bond donors (Lipinski definition) is 0. The molecule has 1 saturated heterocycles. The molecule has 0 amide bonds. The summed E-state index contributed by atoms with van der Waals surface area (Å²) in [5.74, 6) is -0.515. The lowest BCUT2D eigenvalue weighted by molar-refractivity contribution is -0.177. The van der Waals surface area contributed by atoms with Gasteiger partial charge < -0.3 is 9.47 Å². The minimum atomic E-state index is -4.37. The van der Waals surface area contributed by atoms with Crippen LogP contribution < -0.4 is 0 Å². The predicted octanol–water partition coefficient (Wildman–Crippen LogP) is 2.77. The second kappa shape index (κ2) is 8.31. The number of hydrogen-bond acceptors (Lipinski definition) is 4. The maximum Gasteiger partial charge on any atom is 0.411 e. The number of alkyl halides is 3. The zero-order valence-corrected chi connectivity index (χ0v) is 12.7. The highest BCUT2D eigenvalue weighted by atomic mass is 19.4. The van der Waals surface area contributed by atoms with E-state index < -0.39 is 18.8 Å². The first-order valence-electron chi connectivity index (χ1n) is 7.52. The topological polar surface area (TPSA) is 38.8 Å². The second-order valence-corrected chi connectivity index (χ2v) is 5.54. The van der Waals surface area contributed by atoms with Crippen LogP contribution in [0, 0.1) is 0 Å². The number of carbonyl (C=O) groups is 1. The Morgan fingerprint density at radius 3 is 2.70 bits per heavy atom. The fourth-order valence-corrected chi connectivity index (χ4v) is 2.47. The summed E-state index contributed by atoms with van der Waals surface area (Å²) in [7, 11) is 0. The minimum absolute atomic E-state index is 0.161. The number of nitrogens with zero attached hydrogens (tertiary/aromatic N) is 1. The van der Waals surface area contributed by atoms with Gasteiger partial charge in [-0.2, -0.15) is 13.2 Å². The number of carbonyl (C=O) groups excluding carboxylic acids is 1. The van der Waals surface area contributed by atoms with E-state index in [4.69, 9.17) is 4.74 Å².